The standard InChI is InChI=1S/C29H31NO6S/c1-34-29(31)16-15-24-11-8-12-25(19-24)21-30(37(32,33)26-13-6-3-7-14-26)27(28-22-35-17-18-36-28)20-23-9-4-2-5-10-23/h2-4,6-9,11-14,17-19,22,27H,5,10,15-16,20-21H2,1H3. The van der Waals surface area contributed by atoms with Crippen LogP contribution in [-0.2, 0) is 42.0 Å². The lowest BCUT2D eigenvalue weighted by molar-refractivity contribution is -0.140. The van der Waals surface area contributed by atoms with Gasteiger partial charge >= 0.3 is 5.97 Å². The van der Waals surface area contributed by atoms with Gasteiger partial charge in [0.1, 0.15) is 18.8 Å². The van der Waals surface area contributed by atoms with Gasteiger partial charge in [0.05, 0.1) is 18.0 Å². The van der Waals surface area contributed by atoms with Crippen LogP contribution in [0.15, 0.2) is 108 Å². The highest BCUT2D eigenvalue weighted by Crippen LogP contribution is 2.32. The second-order valence-corrected chi connectivity index (χ2v) is 10.7. The Labute approximate surface area is 218 Å². The molecular formula is C29H31NO6S. The molecule has 8 heteroatoms. The van der Waals surface area contributed by atoms with Crippen molar-refractivity contribution in [3.8, 4) is 0 Å². The molecular weight excluding hydrogens is 490 g/mol. The summed E-state index contributed by atoms with van der Waals surface area (Å²) in [7, 11) is -2.56. The minimum atomic E-state index is -3.93. The van der Waals surface area contributed by atoms with Crippen LogP contribution in [0.5, 0.6) is 0 Å². The molecule has 0 amide bonds. The van der Waals surface area contributed by atoms with E-state index in [0.29, 0.717) is 18.6 Å². The van der Waals surface area contributed by atoms with E-state index in [1.54, 1.807) is 30.3 Å². The summed E-state index contributed by atoms with van der Waals surface area (Å²) >= 11 is 0. The number of allylic oxidation sites excluding steroid dienone is 3. The van der Waals surface area contributed by atoms with Crippen LogP contribution in [0.1, 0.15) is 36.8 Å². The summed E-state index contributed by atoms with van der Waals surface area (Å²) < 4.78 is 45.6. The molecule has 4 rings (SSSR count). The van der Waals surface area contributed by atoms with Gasteiger partial charge in [-0.15, -0.1) is 0 Å². The summed E-state index contributed by atoms with van der Waals surface area (Å²) in [5.74, 6) is 0.127. The van der Waals surface area contributed by atoms with Crippen molar-refractivity contribution in [2.24, 2.45) is 0 Å². The number of rotatable bonds is 11. The van der Waals surface area contributed by atoms with Gasteiger partial charge in [0.15, 0.2) is 5.76 Å². The van der Waals surface area contributed by atoms with Gasteiger partial charge in [0.2, 0.25) is 10.0 Å². The second-order valence-electron chi connectivity index (χ2n) is 8.82. The summed E-state index contributed by atoms with van der Waals surface area (Å²) in [6.07, 6.45) is 13.4. The molecule has 7 nitrogen and oxygen atoms in total. The second kappa shape index (κ2) is 12.6. The maximum absolute atomic E-state index is 14.1. The predicted molar refractivity (Wildman–Crippen MR) is 140 cm³/mol. The van der Waals surface area contributed by atoms with E-state index in [1.807, 2.05) is 36.4 Å². The van der Waals surface area contributed by atoms with Crippen molar-refractivity contribution in [3.05, 3.63) is 114 Å². The SMILES string of the molecule is COC(=O)CCc1cccc(CN(C(CC2=CC=CCC2)C2=COC=CO2)S(=O)(=O)c2ccccc2)c1. The molecule has 0 N–H and O–H groups in total. The highest BCUT2D eigenvalue weighted by atomic mass is 32.2. The van der Waals surface area contributed by atoms with E-state index >= 15 is 0 Å². The molecule has 0 saturated heterocycles. The van der Waals surface area contributed by atoms with Crippen LogP contribution in [0.3, 0.4) is 0 Å². The van der Waals surface area contributed by atoms with Crippen molar-refractivity contribution in [1.82, 2.24) is 4.31 Å². The van der Waals surface area contributed by atoms with Crippen molar-refractivity contribution in [1.29, 1.82) is 0 Å². The number of ether oxygens (including phenoxy) is 3. The number of carbonyl (C=O) groups excluding carboxylic acids is 1. The summed E-state index contributed by atoms with van der Waals surface area (Å²) in [4.78, 5) is 11.8. The fraction of sp³-hybridized carbons (Fsp3) is 0.276. The number of carbonyl (C=O) groups is 1. The van der Waals surface area contributed by atoms with Crippen molar-refractivity contribution < 1.29 is 27.4 Å². The zero-order valence-corrected chi connectivity index (χ0v) is 21.6. The van der Waals surface area contributed by atoms with Crippen LogP contribution < -0.4 is 0 Å². The lowest BCUT2D eigenvalue weighted by Gasteiger charge is -2.33. The summed E-state index contributed by atoms with van der Waals surface area (Å²) in [5.41, 5.74) is 2.86. The van der Waals surface area contributed by atoms with Gasteiger partial charge < -0.3 is 14.2 Å². The molecule has 37 heavy (non-hydrogen) atoms. The van der Waals surface area contributed by atoms with Crippen molar-refractivity contribution in [3.63, 3.8) is 0 Å². The maximum Gasteiger partial charge on any atom is 0.305 e. The van der Waals surface area contributed by atoms with Gasteiger partial charge in [-0.2, -0.15) is 4.31 Å². The Morgan fingerprint density at radius 2 is 1.89 bits per heavy atom. The molecule has 0 saturated carbocycles. The minimum Gasteiger partial charge on any atom is -0.469 e. The van der Waals surface area contributed by atoms with Crippen LogP contribution in [0.25, 0.3) is 0 Å². The zero-order valence-electron chi connectivity index (χ0n) is 20.8. The molecule has 1 heterocycles. The van der Waals surface area contributed by atoms with Gasteiger partial charge in [0.25, 0.3) is 0 Å². The molecule has 0 fully saturated rings. The Morgan fingerprint density at radius 1 is 1.08 bits per heavy atom. The lowest BCUT2D eigenvalue weighted by Crippen LogP contribution is -2.42. The van der Waals surface area contributed by atoms with Crippen LogP contribution in [0.2, 0.25) is 0 Å². The number of benzene rings is 2. The Morgan fingerprint density at radius 3 is 2.59 bits per heavy atom. The average Bonchev–Trinajstić information content (AvgIpc) is 2.95. The number of esters is 1. The molecule has 0 radical (unpaired) electrons. The molecule has 1 aliphatic heterocycles. The van der Waals surface area contributed by atoms with E-state index in [0.717, 1.165) is 29.5 Å². The average molecular weight is 522 g/mol. The third kappa shape index (κ3) is 6.99. The molecule has 1 atom stereocenters. The van der Waals surface area contributed by atoms with Crippen LogP contribution in [0.4, 0.5) is 0 Å². The molecule has 2 aliphatic rings. The third-order valence-electron chi connectivity index (χ3n) is 6.28. The molecule has 2 aromatic rings. The molecule has 0 aromatic heterocycles. The summed E-state index contributed by atoms with van der Waals surface area (Å²) in [5, 5.41) is 0. The zero-order chi connectivity index (χ0) is 26.1. The Balaban J connectivity index is 1.72. The van der Waals surface area contributed by atoms with E-state index < -0.39 is 16.1 Å². The van der Waals surface area contributed by atoms with Gasteiger partial charge in [-0.3, -0.25) is 4.79 Å². The third-order valence-corrected chi connectivity index (χ3v) is 8.15. The van der Waals surface area contributed by atoms with Gasteiger partial charge in [-0.25, -0.2) is 8.42 Å². The number of sulfonamides is 1. The van der Waals surface area contributed by atoms with Crippen molar-refractivity contribution in [2.45, 2.75) is 49.6 Å². The molecule has 0 spiro atoms. The van der Waals surface area contributed by atoms with E-state index in [9.17, 15) is 13.2 Å². The van der Waals surface area contributed by atoms with Crippen molar-refractivity contribution >= 4 is 16.0 Å². The van der Waals surface area contributed by atoms with E-state index in [4.69, 9.17) is 14.2 Å². The quantitative estimate of drug-likeness (QED) is 0.370. The van der Waals surface area contributed by atoms with Gasteiger partial charge in [-0.05, 0) is 48.9 Å². The molecule has 1 unspecified atom stereocenters. The first-order valence-corrected chi connectivity index (χ1v) is 13.6. The first kappa shape index (κ1) is 26.4. The van der Waals surface area contributed by atoms with Crippen LogP contribution in [-0.4, -0.2) is 31.8 Å². The summed E-state index contributed by atoms with van der Waals surface area (Å²) in [6.45, 7) is 0.113. The van der Waals surface area contributed by atoms with Gasteiger partial charge in [-0.1, -0.05) is 66.3 Å². The number of methoxy groups -OCH3 is 1. The number of nitrogens with zero attached hydrogens (tertiary/aromatic N) is 1. The van der Waals surface area contributed by atoms with Crippen molar-refractivity contribution in [2.75, 3.05) is 7.11 Å². The Kier molecular flexibility index (Phi) is 8.98. The Bertz CT molecular complexity index is 1310. The highest BCUT2D eigenvalue weighted by molar-refractivity contribution is 7.89. The fourth-order valence-corrected chi connectivity index (χ4v) is 5.95. The molecule has 1 aliphatic carbocycles. The van der Waals surface area contributed by atoms with E-state index in [2.05, 4.69) is 6.08 Å². The summed E-state index contributed by atoms with van der Waals surface area (Å²) in [6, 6.07) is 15.4. The molecule has 0 bridgehead atoms. The maximum atomic E-state index is 14.1. The topological polar surface area (TPSA) is 82.1 Å². The first-order chi connectivity index (χ1) is 18.0. The smallest absolute Gasteiger partial charge is 0.305 e. The Hall–Kier alpha value is -3.62. The molecule has 194 valence electrons. The molecule has 2 aromatic carbocycles. The van der Waals surface area contributed by atoms with Crippen LogP contribution in [0, 0.1) is 0 Å². The largest absolute Gasteiger partial charge is 0.469 e. The lowest BCUT2D eigenvalue weighted by atomic mass is 9.96. The highest BCUT2D eigenvalue weighted by Gasteiger charge is 2.36. The van der Waals surface area contributed by atoms with E-state index in [-0.39, 0.29) is 23.8 Å². The normalized spacial score (nSPS) is 15.8. The predicted octanol–water partition coefficient (Wildman–Crippen LogP) is 5.38. The number of hydrogen-bond donors (Lipinski definition) is 0. The minimum absolute atomic E-state index is 0.113. The number of aryl methyl sites for hydroxylation is 1. The van der Waals surface area contributed by atoms with Crippen LogP contribution >= 0.6 is 0 Å². The van der Waals surface area contributed by atoms with E-state index in [1.165, 1.54) is 30.2 Å². The monoisotopic (exact) mass is 521 g/mol. The fourth-order valence-electron chi connectivity index (χ4n) is 4.35. The first-order valence-electron chi connectivity index (χ1n) is 12.2. The van der Waals surface area contributed by atoms with Gasteiger partial charge in [0, 0.05) is 13.0 Å². The number of hydrogen-bond acceptors (Lipinski definition) is 6.